The average Bonchev–Trinajstić information content (AvgIpc) is 2.77. The van der Waals surface area contributed by atoms with Gasteiger partial charge in [0.05, 0.1) is 6.61 Å². The molecule has 0 radical (unpaired) electrons. The Balaban J connectivity index is 2.23. The lowest BCUT2D eigenvalue weighted by atomic mass is 10.1. The molecule has 0 spiro atoms. The molecule has 1 atom stereocenters. The molecule has 1 aromatic rings. The maximum absolute atomic E-state index is 5.87. The summed E-state index contributed by atoms with van der Waals surface area (Å²) in [4.78, 5) is 6.92. The van der Waals surface area contributed by atoms with Crippen LogP contribution in [0.2, 0.25) is 0 Å². The van der Waals surface area contributed by atoms with Crippen LogP contribution in [0.4, 0.5) is 5.69 Å². The SMILES string of the molecule is COCC1CCN(c2cc(C)nc(C)c2CN)C1. The van der Waals surface area contributed by atoms with Crippen molar-refractivity contribution in [1.29, 1.82) is 0 Å². The number of ether oxygens (including phenoxy) is 1. The lowest BCUT2D eigenvalue weighted by Crippen LogP contribution is -2.23. The zero-order chi connectivity index (χ0) is 13.1. The molecule has 18 heavy (non-hydrogen) atoms. The second-order valence-electron chi connectivity index (χ2n) is 5.11. The van der Waals surface area contributed by atoms with Crippen molar-refractivity contribution in [2.75, 3.05) is 31.7 Å². The molecule has 4 nitrogen and oxygen atoms in total. The molecule has 0 aromatic carbocycles. The van der Waals surface area contributed by atoms with Gasteiger partial charge in [-0.2, -0.15) is 0 Å². The van der Waals surface area contributed by atoms with Gasteiger partial charge in [-0.25, -0.2) is 0 Å². The maximum atomic E-state index is 5.87. The molecule has 1 fully saturated rings. The Morgan fingerprint density at radius 1 is 1.50 bits per heavy atom. The molecule has 0 bridgehead atoms. The molecule has 0 aliphatic carbocycles. The summed E-state index contributed by atoms with van der Waals surface area (Å²) in [6, 6.07) is 2.16. The van der Waals surface area contributed by atoms with E-state index in [0.29, 0.717) is 12.5 Å². The van der Waals surface area contributed by atoms with Crippen molar-refractivity contribution in [2.45, 2.75) is 26.8 Å². The van der Waals surface area contributed by atoms with E-state index in [9.17, 15) is 0 Å². The number of methoxy groups -OCH3 is 1. The van der Waals surface area contributed by atoms with Crippen molar-refractivity contribution in [3.63, 3.8) is 0 Å². The zero-order valence-electron chi connectivity index (χ0n) is 11.6. The van der Waals surface area contributed by atoms with Crippen LogP contribution in [0.15, 0.2) is 6.07 Å². The Hall–Kier alpha value is -1.13. The lowest BCUT2D eigenvalue weighted by molar-refractivity contribution is 0.161. The van der Waals surface area contributed by atoms with E-state index in [1.165, 1.54) is 17.7 Å². The van der Waals surface area contributed by atoms with Crippen LogP contribution in [0, 0.1) is 19.8 Å². The topological polar surface area (TPSA) is 51.4 Å². The zero-order valence-corrected chi connectivity index (χ0v) is 11.6. The summed E-state index contributed by atoms with van der Waals surface area (Å²) in [6.07, 6.45) is 1.19. The highest BCUT2D eigenvalue weighted by Crippen LogP contribution is 2.29. The van der Waals surface area contributed by atoms with Crippen LogP contribution < -0.4 is 10.6 Å². The van der Waals surface area contributed by atoms with Crippen LogP contribution >= 0.6 is 0 Å². The molecule has 4 heteroatoms. The van der Waals surface area contributed by atoms with Gasteiger partial charge in [-0.3, -0.25) is 4.98 Å². The Labute approximate surface area is 109 Å². The van der Waals surface area contributed by atoms with Gasteiger partial charge < -0.3 is 15.4 Å². The van der Waals surface area contributed by atoms with E-state index in [1.807, 2.05) is 13.8 Å². The first kappa shape index (κ1) is 13.3. The molecule has 2 N–H and O–H groups in total. The molecule has 1 aliphatic rings. The van der Waals surface area contributed by atoms with Crippen LogP contribution in [-0.4, -0.2) is 31.8 Å². The molecule has 2 rings (SSSR count). The molecule has 1 aliphatic heterocycles. The summed E-state index contributed by atoms with van der Waals surface area (Å²) >= 11 is 0. The summed E-state index contributed by atoms with van der Waals surface area (Å²) in [5, 5.41) is 0. The predicted molar refractivity (Wildman–Crippen MR) is 73.8 cm³/mol. The van der Waals surface area contributed by atoms with Crippen LogP contribution in [-0.2, 0) is 11.3 Å². The highest BCUT2D eigenvalue weighted by Gasteiger charge is 2.24. The summed E-state index contributed by atoms with van der Waals surface area (Å²) in [7, 11) is 1.77. The lowest BCUT2D eigenvalue weighted by Gasteiger charge is -2.23. The number of nitrogens with two attached hydrogens (primary N) is 1. The fourth-order valence-electron chi connectivity index (χ4n) is 2.79. The molecule has 0 amide bonds. The van der Waals surface area contributed by atoms with Gasteiger partial charge in [-0.05, 0) is 26.3 Å². The van der Waals surface area contributed by atoms with Gasteiger partial charge in [0.25, 0.3) is 0 Å². The van der Waals surface area contributed by atoms with Crippen LogP contribution in [0.1, 0.15) is 23.4 Å². The number of hydrogen-bond acceptors (Lipinski definition) is 4. The van der Waals surface area contributed by atoms with Gasteiger partial charge in [0.1, 0.15) is 0 Å². The van der Waals surface area contributed by atoms with Crippen molar-refractivity contribution >= 4 is 5.69 Å². The monoisotopic (exact) mass is 249 g/mol. The van der Waals surface area contributed by atoms with E-state index in [4.69, 9.17) is 10.5 Å². The maximum Gasteiger partial charge on any atom is 0.0508 e. The number of aromatic nitrogens is 1. The van der Waals surface area contributed by atoms with Gasteiger partial charge in [0, 0.05) is 55.3 Å². The number of hydrogen-bond donors (Lipinski definition) is 1. The van der Waals surface area contributed by atoms with Gasteiger partial charge >= 0.3 is 0 Å². The summed E-state index contributed by atoms with van der Waals surface area (Å²) < 4.78 is 5.25. The first-order chi connectivity index (χ1) is 8.65. The van der Waals surface area contributed by atoms with Crippen molar-refractivity contribution in [3.8, 4) is 0 Å². The van der Waals surface area contributed by atoms with E-state index in [-0.39, 0.29) is 0 Å². The van der Waals surface area contributed by atoms with Gasteiger partial charge in [0.2, 0.25) is 0 Å². The second-order valence-corrected chi connectivity index (χ2v) is 5.11. The molecule has 1 aromatic heterocycles. The standard InChI is InChI=1S/C14H23N3O/c1-10-6-14(13(7-15)11(2)16-10)17-5-4-12(8-17)9-18-3/h6,12H,4-5,7-9,15H2,1-3H3. The van der Waals surface area contributed by atoms with Crippen molar-refractivity contribution < 1.29 is 4.74 Å². The first-order valence-corrected chi connectivity index (χ1v) is 6.56. The number of anilines is 1. The van der Waals surface area contributed by atoms with E-state index < -0.39 is 0 Å². The van der Waals surface area contributed by atoms with E-state index in [1.54, 1.807) is 7.11 Å². The molecule has 1 unspecified atom stereocenters. The number of pyridine rings is 1. The Bertz CT molecular complexity index is 420. The second kappa shape index (κ2) is 5.67. The normalized spacial score (nSPS) is 19.6. The molecule has 100 valence electrons. The highest BCUT2D eigenvalue weighted by atomic mass is 16.5. The van der Waals surface area contributed by atoms with Crippen LogP contribution in [0.25, 0.3) is 0 Å². The third kappa shape index (κ3) is 2.65. The summed E-state index contributed by atoms with van der Waals surface area (Å²) in [6.45, 7) is 7.63. The molecular formula is C14H23N3O. The average molecular weight is 249 g/mol. The molecule has 2 heterocycles. The summed E-state index contributed by atoms with van der Waals surface area (Å²) in [5.74, 6) is 0.634. The van der Waals surface area contributed by atoms with Crippen LogP contribution in [0.5, 0.6) is 0 Å². The minimum Gasteiger partial charge on any atom is -0.384 e. The number of nitrogens with zero attached hydrogens (tertiary/aromatic N) is 2. The van der Waals surface area contributed by atoms with Gasteiger partial charge in [-0.1, -0.05) is 0 Å². The fourth-order valence-corrected chi connectivity index (χ4v) is 2.79. The summed E-state index contributed by atoms with van der Waals surface area (Å²) in [5.41, 5.74) is 10.4. The van der Waals surface area contributed by atoms with Crippen molar-refractivity contribution in [1.82, 2.24) is 4.98 Å². The van der Waals surface area contributed by atoms with E-state index >= 15 is 0 Å². The van der Waals surface area contributed by atoms with Gasteiger partial charge in [-0.15, -0.1) is 0 Å². The minimum absolute atomic E-state index is 0.555. The van der Waals surface area contributed by atoms with Crippen LogP contribution in [0.3, 0.4) is 0 Å². The van der Waals surface area contributed by atoms with Gasteiger partial charge in [0.15, 0.2) is 0 Å². The quantitative estimate of drug-likeness (QED) is 0.881. The number of rotatable bonds is 4. The Morgan fingerprint density at radius 3 is 2.94 bits per heavy atom. The fraction of sp³-hybridized carbons (Fsp3) is 0.643. The minimum atomic E-state index is 0.555. The third-order valence-electron chi connectivity index (χ3n) is 3.67. The molecule has 1 saturated heterocycles. The Morgan fingerprint density at radius 2 is 2.28 bits per heavy atom. The highest BCUT2D eigenvalue weighted by molar-refractivity contribution is 5.56. The third-order valence-corrected chi connectivity index (χ3v) is 3.67. The van der Waals surface area contributed by atoms with Crippen molar-refractivity contribution in [3.05, 3.63) is 23.0 Å². The van der Waals surface area contributed by atoms with Crippen molar-refractivity contribution in [2.24, 2.45) is 11.7 Å². The number of aryl methyl sites for hydroxylation is 2. The smallest absolute Gasteiger partial charge is 0.0508 e. The molecular weight excluding hydrogens is 226 g/mol. The molecule has 0 saturated carbocycles. The van der Waals surface area contributed by atoms with E-state index in [0.717, 1.165) is 31.1 Å². The predicted octanol–water partition coefficient (Wildman–Crippen LogP) is 1.63. The first-order valence-electron chi connectivity index (χ1n) is 6.56. The Kier molecular flexibility index (Phi) is 4.19. The largest absolute Gasteiger partial charge is 0.384 e. The van der Waals surface area contributed by atoms with E-state index in [2.05, 4.69) is 16.0 Å².